The van der Waals surface area contributed by atoms with Crippen LogP contribution in [0.3, 0.4) is 0 Å². The molecule has 0 aromatic heterocycles. The lowest BCUT2D eigenvalue weighted by Crippen LogP contribution is -2.40. The normalized spacial score (nSPS) is 25.1. The molecule has 104 valence electrons. The Kier molecular flexibility index (Phi) is 5.66. The van der Waals surface area contributed by atoms with Crippen molar-refractivity contribution in [3.8, 4) is 0 Å². The van der Waals surface area contributed by atoms with Crippen LogP contribution in [0.2, 0.25) is 0 Å². The number of hydrogen-bond acceptors (Lipinski definition) is 3. The Morgan fingerprint density at radius 2 is 1.94 bits per heavy atom. The topological polar surface area (TPSA) is 58.6 Å². The molecule has 2 N–H and O–H groups in total. The lowest BCUT2D eigenvalue weighted by molar-refractivity contribution is 0.0490. The number of hydrogen-bond donors (Lipinski definition) is 2. The zero-order chi connectivity index (χ0) is 13.6. The van der Waals surface area contributed by atoms with E-state index in [1.807, 2.05) is 20.8 Å². The number of ether oxygens (including phenoxy) is 1. The van der Waals surface area contributed by atoms with Crippen LogP contribution in [0.4, 0.5) is 4.79 Å². The van der Waals surface area contributed by atoms with Gasteiger partial charge in [-0.3, -0.25) is 0 Å². The van der Waals surface area contributed by atoms with Crippen molar-refractivity contribution in [3.05, 3.63) is 12.2 Å². The average Bonchev–Trinajstić information content (AvgIpc) is 2.25. The van der Waals surface area contributed by atoms with Gasteiger partial charge in [0.05, 0.1) is 6.61 Å². The summed E-state index contributed by atoms with van der Waals surface area (Å²) >= 11 is 0. The lowest BCUT2D eigenvalue weighted by Gasteiger charge is -2.28. The van der Waals surface area contributed by atoms with Gasteiger partial charge in [0.2, 0.25) is 0 Å². The van der Waals surface area contributed by atoms with Crippen molar-refractivity contribution in [1.82, 2.24) is 5.32 Å². The van der Waals surface area contributed by atoms with E-state index in [4.69, 9.17) is 9.84 Å². The Labute approximate surface area is 109 Å². The summed E-state index contributed by atoms with van der Waals surface area (Å²) in [5, 5.41) is 11.6. The molecule has 0 unspecified atom stereocenters. The van der Waals surface area contributed by atoms with Crippen LogP contribution in [0.15, 0.2) is 12.2 Å². The van der Waals surface area contributed by atoms with Gasteiger partial charge in [0.15, 0.2) is 0 Å². The summed E-state index contributed by atoms with van der Waals surface area (Å²) < 4.78 is 5.24. The molecule has 1 saturated carbocycles. The van der Waals surface area contributed by atoms with Crippen LogP contribution in [0.25, 0.3) is 0 Å². The molecule has 18 heavy (non-hydrogen) atoms. The third-order valence-electron chi connectivity index (χ3n) is 3.01. The lowest BCUT2D eigenvalue weighted by atomic mass is 9.86. The van der Waals surface area contributed by atoms with Crippen molar-refractivity contribution >= 4 is 6.09 Å². The smallest absolute Gasteiger partial charge is 0.407 e. The molecule has 1 aliphatic rings. The molecule has 0 aromatic carbocycles. The Morgan fingerprint density at radius 3 is 2.44 bits per heavy atom. The molecule has 0 aliphatic heterocycles. The zero-order valence-corrected chi connectivity index (χ0v) is 11.6. The highest BCUT2D eigenvalue weighted by Crippen LogP contribution is 2.25. The van der Waals surface area contributed by atoms with Crippen LogP contribution < -0.4 is 5.32 Å². The van der Waals surface area contributed by atoms with Crippen LogP contribution in [-0.4, -0.2) is 29.4 Å². The molecule has 0 atom stereocenters. The van der Waals surface area contributed by atoms with Crippen LogP contribution in [0.5, 0.6) is 0 Å². The average molecular weight is 255 g/mol. The van der Waals surface area contributed by atoms with Gasteiger partial charge in [-0.25, -0.2) is 4.79 Å². The number of rotatable bonds is 3. The minimum Gasteiger partial charge on any atom is -0.444 e. The van der Waals surface area contributed by atoms with E-state index < -0.39 is 5.60 Å². The zero-order valence-electron chi connectivity index (χ0n) is 11.6. The van der Waals surface area contributed by atoms with E-state index in [2.05, 4.69) is 11.4 Å². The highest BCUT2D eigenvalue weighted by molar-refractivity contribution is 5.68. The Bertz CT molecular complexity index is 286. The largest absolute Gasteiger partial charge is 0.444 e. The number of nitrogens with one attached hydrogen (secondary N) is 1. The van der Waals surface area contributed by atoms with Gasteiger partial charge in [0, 0.05) is 6.04 Å². The summed E-state index contributed by atoms with van der Waals surface area (Å²) in [5.74, 6) is 0.536. The van der Waals surface area contributed by atoms with E-state index in [1.165, 1.54) is 0 Å². The van der Waals surface area contributed by atoms with Gasteiger partial charge in [-0.15, -0.1) is 0 Å². The van der Waals surface area contributed by atoms with Crippen molar-refractivity contribution in [2.75, 3.05) is 6.61 Å². The summed E-state index contributed by atoms with van der Waals surface area (Å²) in [4.78, 5) is 11.6. The molecule has 4 nitrogen and oxygen atoms in total. The van der Waals surface area contributed by atoms with Crippen molar-refractivity contribution in [3.63, 3.8) is 0 Å². The molecule has 4 heteroatoms. The van der Waals surface area contributed by atoms with Crippen LogP contribution >= 0.6 is 0 Å². The number of carbonyl (C=O) groups excluding carboxylic acids is 1. The second kappa shape index (κ2) is 6.78. The van der Waals surface area contributed by atoms with Crippen molar-refractivity contribution in [1.29, 1.82) is 0 Å². The first-order valence-electron chi connectivity index (χ1n) is 6.68. The predicted octanol–water partition coefficient (Wildman–Crippen LogP) is 2.62. The molecule has 0 spiro atoms. The van der Waals surface area contributed by atoms with Crippen molar-refractivity contribution in [2.45, 2.75) is 58.1 Å². The molecule has 1 aliphatic carbocycles. The second-order valence-corrected chi connectivity index (χ2v) is 5.87. The molecular weight excluding hydrogens is 230 g/mol. The molecule has 0 aromatic rings. The molecule has 0 saturated heterocycles. The maximum Gasteiger partial charge on any atom is 0.407 e. The van der Waals surface area contributed by atoms with Gasteiger partial charge in [-0.1, -0.05) is 12.2 Å². The maximum absolute atomic E-state index is 11.6. The number of alkyl carbamates (subject to hydrolysis) is 1. The third-order valence-corrected chi connectivity index (χ3v) is 3.01. The number of aliphatic hydroxyl groups is 1. The summed E-state index contributed by atoms with van der Waals surface area (Å²) in [6.45, 7) is 5.70. The second-order valence-electron chi connectivity index (χ2n) is 5.87. The van der Waals surface area contributed by atoms with Gasteiger partial charge in [0.1, 0.15) is 5.60 Å². The van der Waals surface area contributed by atoms with Crippen molar-refractivity contribution < 1.29 is 14.6 Å². The van der Waals surface area contributed by atoms with Gasteiger partial charge in [-0.2, -0.15) is 0 Å². The predicted molar refractivity (Wildman–Crippen MR) is 71.3 cm³/mol. The molecule has 0 radical (unpaired) electrons. The van der Waals surface area contributed by atoms with Crippen LogP contribution in [-0.2, 0) is 4.74 Å². The summed E-state index contributed by atoms with van der Waals surface area (Å²) in [5.41, 5.74) is -0.439. The fraction of sp³-hybridized carbons (Fsp3) is 0.786. The third kappa shape index (κ3) is 6.05. The molecule has 0 bridgehead atoms. The molecule has 1 rings (SSSR count). The van der Waals surface area contributed by atoms with E-state index in [0.29, 0.717) is 5.92 Å². The molecule has 1 amide bonds. The first kappa shape index (κ1) is 15.0. The van der Waals surface area contributed by atoms with E-state index in [9.17, 15) is 4.79 Å². The highest BCUT2D eigenvalue weighted by Gasteiger charge is 2.23. The minimum atomic E-state index is -0.439. The monoisotopic (exact) mass is 255 g/mol. The van der Waals surface area contributed by atoms with E-state index >= 15 is 0 Å². The van der Waals surface area contributed by atoms with E-state index in [-0.39, 0.29) is 18.7 Å². The minimum absolute atomic E-state index is 0.107. The standard InChI is InChI=1S/C14H25NO3/c1-14(2,3)18-13(17)15-12-8-6-11(7-9-12)5-4-10-16/h4-5,11-12,16H,6-10H2,1-3H3,(H,15,17)/b5-4+. The van der Waals surface area contributed by atoms with Gasteiger partial charge in [-0.05, 0) is 52.4 Å². The van der Waals surface area contributed by atoms with Crippen molar-refractivity contribution in [2.24, 2.45) is 5.92 Å². The quantitative estimate of drug-likeness (QED) is 0.762. The fourth-order valence-electron chi connectivity index (χ4n) is 2.18. The van der Waals surface area contributed by atoms with Crippen LogP contribution in [0, 0.1) is 5.92 Å². The Balaban J connectivity index is 2.27. The van der Waals surface area contributed by atoms with E-state index in [0.717, 1.165) is 25.7 Å². The molecular formula is C14H25NO3. The van der Waals surface area contributed by atoms with Gasteiger partial charge < -0.3 is 15.2 Å². The van der Waals surface area contributed by atoms with Gasteiger partial charge >= 0.3 is 6.09 Å². The first-order valence-corrected chi connectivity index (χ1v) is 6.68. The first-order chi connectivity index (χ1) is 8.40. The number of carbonyl (C=O) groups is 1. The number of amides is 1. The van der Waals surface area contributed by atoms with Crippen LogP contribution in [0.1, 0.15) is 46.5 Å². The summed E-state index contributed by atoms with van der Waals surface area (Å²) in [6.07, 6.45) is 7.60. The van der Waals surface area contributed by atoms with Gasteiger partial charge in [0.25, 0.3) is 0 Å². The summed E-state index contributed by atoms with van der Waals surface area (Å²) in [6, 6.07) is 0.221. The Hall–Kier alpha value is -1.03. The molecule has 1 fully saturated rings. The number of aliphatic hydroxyl groups excluding tert-OH is 1. The number of allylic oxidation sites excluding steroid dienone is 1. The fourth-order valence-corrected chi connectivity index (χ4v) is 2.18. The Morgan fingerprint density at radius 1 is 1.33 bits per heavy atom. The maximum atomic E-state index is 11.6. The SMILES string of the molecule is CC(C)(C)OC(=O)NC1CCC(/C=C/CO)CC1. The molecule has 0 heterocycles. The summed E-state index contributed by atoms with van der Waals surface area (Å²) in [7, 11) is 0. The van der Waals surface area contributed by atoms with E-state index in [1.54, 1.807) is 6.08 Å². The highest BCUT2D eigenvalue weighted by atomic mass is 16.6.